The van der Waals surface area contributed by atoms with Gasteiger partial charge in [0.15, 0.2) is 0 Å². The Morgan fingerprint density at radius 3 is 2.22 bits per heavy atom. The standard InChI is InChI=1S/C24H26N2O5S/c1-26(2)32(28,29)21-14-12-20(13-15-21)30-17-16-25-24(27)22-10-6-7-11-23(22)31-18-19-8-4-3-5-9-19/h3-15H,16-18H2,1-2H3,(H,25,27). The van der Waals surface area contributed by atoms with Gasteiger partial charge in [0.25, 0.3) is 5.91 Å². The van der Waals surface area contributed by atoms with Crippen LogP contribution in [0, 0.1) is 0 Å². The van der Waals surface area contributed by atoms with E-state index in [9.17, 15) is 13.2 Å². The summed E-state index contributed by atoms with van der Waals surface area (Å²) in [6.07, 6.45) is 0. The minimum Gasteiger partial charge on any atom is -0.492 e. The number of hydrogen-bond donors (Lipinski definition) is 1. The van der Waals surface area contributed by atoms with Gasteiger partial charge >= 0.3 is 0 Å². The van der Waals surface area contributed by atoms with Gasteiger partial charge < -0.3 is 14.8 Å². The normalized spacial score (nSPS) is 11.2. The molecule has 0 atom stereocenters. The van der Waals surface area contributed by atoms with E-state index < -0.39 is 10.0 Å². The zero-order valence-electron chi connectivity index (χ0n) is 18.0. The van der Waals surface area contributed by atoms with Crippen molar-refractivity contribution in [3.63, 3.8) is 0 Å². The van der Waals surface area contributed by atoms with E-state index in [-0.39, 0.29) is 24.0 Å². The van der Waals surface area contributed by atoms with Crippen molar-refractivity contribution in [2.24, 2.45) is 0 Å². The number of carbonyl (C=O) groups is 1. The van der Waals surface area contributed by atoms with E-state index >= 15 is 0 Å². The smallest absolute Gasteiger partial charge is 0.255 e. The summed E-state index contributed by atoms with van der Waals surface area (Å²) in [6, 6.07) is 23.0. The van der Waals surface area contributed by atoms with Crippen LogP contribution in [0.25, 0.3) is 0 Å². The zero-order chi connectivity index (χ0) is 23.0. The highest BCUT2D eigenvalue weighted by molar-refractivity contribution is 7.89. The quantitative estimate of drug-likeness (QED) is 0.475. The molecule has 168 valence electrons. The molecule has 0 radical (unpaired) electrons. The Kier molecular flexibility index (Phi) is 7.86. The summed E-state index contributed by atoms with van der Waals surface area (Å²) >= 11 is 0. The predicted octanol–water partition coefficient (Wildman–Crippen LogP) is 3.32. The highest BCUT2D eigenvalue weighted by Crippen LogP contribution is 2.20. The maximum absolute atomic E-state index is 12.6. The summed E-state index contributed by atoms with van der Waals surface area (Å²) in [5, 5.41) is 2.81. The monoisotopic (exact) mass is 454 g/mol. The van der Waals surface area contributed by atoms with Gasteiger partial charge in [-0.15, -0.1) is 0 Å². The molecule has 0 aliphatic heterocycles. The SMILES string of the molecule is CN(C)S(=O)(=O)c1ccc(OCCNC(=O)c2ccccc2OCc2ccccc2)cc1. The number of carbonyl (C=O) groups excluding carboxylic acids is 1. The first-order valence-electron chi connectivity index (χ1n) is 10.1. The minimum atomic E-state index is -3.48. The third kappa shape index (κ3) is 6.09. The predicted molar refractivity (Wildman–Crippen MR) is 122 cm³/mol. The van der Waals surface area contributed by atoms with Crippen molar-refractivity contribution in [3.8, 4) is 11.5 Å². The Morgan fingerprint density at radius 1 is 0.875 bits per heavy atom. The minimum absolute atomic E-state index is 0.190. The molecule has 0 aliphatic carbocycles. The molecule has 3 aromatic carbocycles. The molecule has 0 aliphatic rings. The van der Waals surface area contributed by atoms with Crippen LogP contribution >= 0.6 is 0 Å². The molecule has 0 bridgehead atoms. The van der Waals surface area contributed by atoms with E-state index in [0.29, 0.717) is 23.7 Å². The van der Waals surface area contributed by atoms with E-state index in [1.54, 1.807) is 30.3 Å². The maximum Gasteiger partial charge on any atom is 0.255 e. The van der Waals surface area contributed by atoms with Gasteiger partial charge in [0.1, 0.15) is 24.7 Å². The van der Waals surface area contributed by atoms with Gasteiger partial charge in [0.05, 0.1) is 17.0 Å². The molecule has 0 saturated heterocycles. The largest absolute Gasteiger partial charge is 0.492 e. The van der Waals surface area contributed by atoms with Crippen LogP contribution in [0.1, 0.15) is 15.9 Å². The van der Waals surface area contributed by atoms with Crippen molar-refractivity contribution >= 4 is 15.9 Å². The number of ether oxygens (including phenoxy) is 2. The average Bonchev–Trinajstić information content (AvgIpc) is 2.81. The summed E-state index contributed by atoms with van der Waals surface area (Å²) in [5.74, 6) is 0.765. The van der Waals surface area contributed by atoms with E-state index in [4.69, 9.17) is 9.47 Å². The van der Waals surface area contributed by atoms with Crippen molar-refractivity contribution in [1.82, 2.24) is 9.62 Å². The fourth-order valence-corrected chi connectivity index (χ4v) is 3.76. The second kappa shape index (κ2) is 10.8. The number of nitrogens with one attached hydrogen (secondary N) is 1. The fraction of sp³-hybridized carbons (Fsp3) is 0.208. The van der Waals surface area contributed by atoms with Crippen molar-refractivity contribution in [2.75, 3.05) is 27.2 Å². The van der Waals surface area contributed by atoms with Crippen molar-refractivity contribution in [1.29, 1.82) is 0 Å². The van der Waals surface area contributed by atoms with E-state index in [0.717, 1.165) is 9.87 Å². The van der Waals surface area contributed by atoms with Crippen LogP contribution in [-0.4, -0.2) is 45.9 Å². The van der Waals surface area contributed by atoms with Crippen LogP contribution in [-0.2, 0) is 16.6 Å². The summed E-state index contributed by atoms with van der Waals surface area (Å²) in [7, 11) is -0.520. The molecule has 1 amide bonds. The molecule has 0 aromatic heterocycles. The summed E-state index contributed by atoms with van der Waals surface area (Å²) in [4.78, 5) is 12.8. The molecular weight excluding hydrogens is 428 g/mol. The lowest BCUT2D eigenvalue weighted by Gasteiger charge is -2.13. The van der Waals surface area contributed by atoms with Gasteiger partial charge in [0, 0.05) is 14.1 Å². The molecule has 1 N–H and O–H groups in total. The van der Waals surface area contributed by atoms with E-state index in [1.807, 2.05) is 36.4 Å². The Labute approximate surface area is 188 Å². The van der Waals surface area contributed by atoms with Gasteiger partial charge in [-0.05, 0) is 42.0 Å². The van der Waals surface area contributed by atoms with Crippen LogP contribution in [0.4, 0.5) is 0 Å². The highest BCUT2D eigenvalue weighted by atomic mass is 32.2. The fourth-order valence-electron chi connectivity index (χ4n) is 2.86. The van der Waals surface area contributed by atoms with Gasteiger partial charge in [-0.1, -0.05) is 42.5 Å². The molecule has 0 saturated carbocycles. The first-order chi connectivity index (χ1) is 15.4. The topological polar surface area (TPSA) is 84.9 Å². The summed E-state index contributed by atoms with van der Waals surface area (Å²) < 4.78 is 36.8. The Balaban J connectivity index is 1.50. The second-order valence-corrected chi connectivity index (χ2v) is 9.29. The van der Waals surface area contributed by atoms with Crippen molar-refractivity contribution < 1.29 is 22.7 Å². The van der Waals surface area contributed by atoms with Crippen LogP contribution in [0.5, 0.6) is 11.5 Å². The Morgan fingerprint density at radius 2 is 1.53 bits per heavy atom. The van der Waals surface area contributed by atoms with E-state index in [1.165, 1.54) is 26.2 Å². The molecule has 0 spiro atoms. The maximum atomic E-state index is 12.6. The Hall–Kier alpha value is -3.36. The van der Waals surface area contributed by atoms with Crippen LogP contribution in [0.15, 0.2) is 83.8 Å². The lowest BCUT2D eigenvalue weighted by molar-refractivity contribution is 0.0942. The average molecular weight is 455 g/mol. The number of para-hydroxylation sites is 1. The first kappa shape index (κ1) is 23.3. The highest BCUT2D eigenvalue weighted by Gasteiger charge is 2.16. The van der Waals surface area contributed by atoms with Gasteiger partial charge in [0.2, 0.25) is 10.0 Å². The zero-order valence-corrected chi connectivity index (χ0v) is 18.8. The number of benzene rings is 3. The summed E-state index contributed by atoms with van der Waals surface area (Å²) in [6.45, 7) is 0.885. The van der Waals surface area contributed by atoms with Gasteiger partial charge in [-0.25, -0.2) is 12.7 Å². The van der Waals surface area contributed by atoms with Crippen LogP contribution in [0.2, 0.25) is 0 Å². The molecule has 0 heterocycles. The van der Waals surface area contributed by atoms with Crippen molar-refractivity contribution in [2.45, 2.75) is 11.5 Å². The summed E-state index contributed by atoms with van der Waals surface area (Å²) in [5.41, 5.74) is 1.46. The van der Waals surface area contributed by atoms with Crippen molar-refractivity contribution in [3.05, 3.63) is 90.0 Å². The second-order valence-electron chi connectivity index (χ2n) is 7.13. The third-order valence-corrected chi connectivity index (χ3v) is 6.46. The number of amides is 1. The number of nitrogens with zero attached hydrogens (tertiary/aromatic N) is 1. The molecule has 32 heavy (non-hydrogen) atoms. The first-order valence-corrected chi connectivity index (χ1v) is 11.5. The van der Waals surface area contributed by atoms with Crippen LogP contribution < -0.4 is 14.8 Å². The molecular formula is C24H26N2O5S. The molecule has 8 heteroatoms. The van der Waals surface area contributed by atoms with Gasteiger partial charge in [-0.2, -0.15) is 0 Å². The number of sulfonamides is 1. The lowest BCUT2D eigenvalue weighted by atomic mass is 10.2. The third-order valence-electron chi connectivity index (χ3n) is 4.63. The molecule has 0 fully saturated rings. The molecule has 7 nitrogen and oxygen atoms in total. The van der Waals surface area contributed by atoms with Crippen LogP contribution in [0.3, 0.4) is 0 Å². The lowest BCUT2D eigenvalue weighted by Crippen LogP contribution is -2.28. The molecule has 3 rings (SSSR count). The van der Waals surface area contributed by atoms with E-state index in [2.05, 4.69) is 5.32 Å². The van der Waals surface area contributed by atoms with Gasteiger partial charge in [-0.3, -0.25) is 4.79 Å². The molecule has 3 aromatic rings. The number of hydrogen-bond acceptors (Lipinski definition) is 5. The number of rotatable bonds is 10. The Bertz CT molecular complexity index is 1130. The molecule has 0 unspecified atom stereocenters.